The van der Waals surface area contributed by atoms with E-state index < -0.39 is 0 Å². The molecule has 2 rings (SSSR count). The first-order valence-electron chi connectivity index (χ1n) is 3.91. The normalized spacial score (nSPS) is 10.1. The second-order valence-corrected chi connectivity index (χ2v) is 4.30. The molecule has 0 N–H and O–H groups in total. The number of aromatic nitrogens is 3. The third-order valence-electron chi connectivity index (χ3n) is 1.44. The minimum absolute atomic E-state index is 0.739. The molecule has 0 bridgehead atoms. The molecule has 0 saturated carbocycles. The summed E-state index contributed by atoms with van der Waals surface area (Å²) in [5.41, 5.74) is 0. The van der Waals surface area contributed by atoms with Gasteiger partial charge in [-0.05, 0) is 39.8 Å². The van der Waals surface area contributed by atoms with Crippen molar-refractivity contribution in [2.45, 2.75) is 10.1 Å². The summed E-state index contributed by atoms with van der Waals surface area (Å²) in [6.07, 6.45) is 5.14. The highest BCUT2D eigenvalue weighted by molar-refractivity contribution is 9.10. The molecule has 0 fully saturated rings. The summed E-state index contributed by atoms with van der Waals surface area (Å²) in [6, 6.07) is 5.77. The van der Waals surface area contributed by atoms with Gasteiger partial charge in [0.25, 0.3) is 0 Å². The van der Waals surface area contributed by atoms with E-state index in [-0.39, 0.29) is 0 Å². The van der Waals surface area contributed by atoms with Crippen LogP contribution in [0.1, 0.15) is 0 Å². The fourth-order valence-electron chi connectivity index (χ4n) is 0.868. The van der Waals surface area contributed by atoms with Gasteiger partial charge in [0.1, 0.15) is 14.7 Å². The quantitative estimate of drug-likeness (QED) is 0.839. The Labute approximate surface area is 94.1 Å². The van der Waals surface area contributed by atoms with Crippen LogP contribution >= 0.6 is 27.7 Å². The Morgan fingerprint density at radius 1 is 1.00 bits per heavy atom. The average Bonchev–Trinajstić information content (AvgIpc) is 2.23. The van der Waals surface area contributed by atoms with E-state index in [0.717, 1.165) is 14.7 Å². The fourth-order valence-corrected chi connectivity index (χ4v) is 1.76. The molecule has 2 heterocycles. The van der Waals surface area contributed by atoms with Crippen molar-refractivity contribution in [2.75, 3.05) is 0 Å². The second kappa shape index (κ2) is 4.52. The number of halogens is 1. The van der Waals surface area contributed by atoms with Crippen LogP contribution < -0.4 is 0 Å². The highest BCUT2D eigenvalue weighted by Gasteiger charge is 1.99. The zero-order valence-electron chi connectivity index (χ0n) is 7.09. The van der Waals surface area contributed by atoms with Gasteiger partial charge in [-0.2, -0.15) is 0 Å². The fraction of sp³-hybridized carbons (Fsp3) is 0. The van der Waals surface area contributed by atoms with Gasteiger partial charge in [0.15, 0.2) is 0 Å². The molecule has 0 aliphatic rings. The lowest BCUT2D eigenvalue weighted by molar-refractivity contribution is 1.02. The Balaban J connectivity index is 2.16. The van der Waals surface area contributed by atoms with Gasteiger partial charge >= 0.3 is 0 Å². The number of nitrogens with zero attached hydrogens (tertiary/aromatic N) is 3. The third-order valence-corrected chi connectivity index (χ3v) is 2.72. The summed E-state index contributed by atoms with van der Waals surface area (Å²) in [5, 5.41) is 1.76. The van der Waals surface area contributed by atoms with Crippen LogP contribution in [0.25, 0.3) is 0 Å². The van der Waals surface area contributed by atoms with Gasteiger partial charge in [-0.1, -0.05) is 6.07 Å². The van der Waals surface area contributed by atoms with Crippen LogP contribution in [0.4, 0.5) is 0 Å². The Morgan fingerprint density at radius 3 is 2.57 bits per heavy atom. The lowest BCUT2D eigenvalue weighted by atomic mass is 10.5. The maximum absolute atomic E-state index is 4.19. The van der Waals surface area contributed by atoms with Crippen molar-refractivity contribution >= 4 is 27.7 Å². The molecule has 0 aliphatic carbocycles. The van der Waals surface area contributed by atoms with E-state index in [9.17, 15) is 0 Å². The maximum Gasteiger partial charge on any atom is 0.124 e. The van der Waals surface area contributed by atoms with Crippen molar-refractivity contribution in [3.05, 3.63) is 41.4 Å². The highest BCUT2D eigenvalue weighted by Crippen LogP contribution is 2.22. The minimum atomic E-state index is 0.739. The summed E-state index contributed by atoms with van der Waals surface area (Å²) in [4.78, 5) is 12.4. The summed E-state index contributed by atoms with van der Waals surface area (Å²) in [5.74, 6) is 0. The van der Waals surface area contributed by atoms with Crippen molar-refractivity contribution in [3.8, 4) is 0 Å². The standard InChI is InChI=1S/C9H6BrN3S/c10-7-5-13-9(6-12-7)14-8-3-1-2-4-11-8/h1-6H. The van der Waals surface area contributed by atoms with Crippen LogP contribution in [0.2, 0.25) is 0 Å². The predicted octanol–water partition coefficient (Wildman–Crippen LogP) is 2.79. The molecule has 5 heteroatoms. The molecule has 2 aromatic rings. The molecule has 70 valence electrons. The molecule has 0 radical (unpaired) electrons. The Bertz CT molecular complexity index is 404. The smallest absolute Gasteiger partial charge is 0.124 e. The van der Waals surface area contributed by atoms with Crippen molar-refractivity contribution in [1.29, 1.82) is 0 Å². The van der Waals surface area contributed by atoms with Gasteiger partial charge in [-0.15, -0.1) is 0 Å². The maximum atomic E-state index is 4.19. The van der Waals surface area contributed by atoms with E-state index in [4.69, 9.17) is 0 Å². The Morgan fingerprint density at radius 2 is 1.93 bits per heavy atom. The molecule has 0 aromatic carbocycles. The zero-order chi connectivity index (χ0) is 9.80. The van der Waals surface area contributed by atoms with Gasteiger partial charge in [0, 0.05) is 6.20 Å². The van der Waals surface area contributed by atoms with Gasteiger partial charge in [0.05, 0.1) is 12.4 Å². The molecule has 0 aliphatic heterocycles. The summed E-state index contributed by atoms with van der Waals surface area (Å²) >= 11 is 4.72. The number of hydrogen-bond acceptors (Lipinski definition) is 4. The summed E-state index contributed by atoms with van der Waals surface area (Å²) < 4.78 is 0.739. The SMILES string of the molecule is Brc1cnc(Sc2ccccn2)cn1. The van der Waals surface area contributed by atoms with Crippen molar-refractivity contribution in [2.24, 2.45) is 0 Å². The van der Waals surface area contributed by atoms with Gasteiger partial charge in [-0.3, -0.25) is 0 Å². The zero-order valence-corrected chi connectivity index (χ0v) is 9.49. The van der Waals surface area contributed by atoms with E-state index in [0.29, 0.717) is 0 Å². The molecule has 14 heavy (non-hydrogen) atoms. The Kier molecular flexibility index (Phi) is 3.10. The lowest BCUT2D eigenvalue weighted by Gasteiger charge is -1.98. The van der Waals surface area contributed by atoms with E-state index in [2.05, 4.69) is 30.9 Å². The molecule has 0 atom stereocenters. The third kappa shape index (κ3) is 2.52. The first-order chi connectivity index (χ1) is 6.84. The summed E-state index contributed by atoms with van der Waals surface area (Å²) in [6.45, 7) is 0. The molecule has 0 amide bonds. The largest absolute Gasteiger partial charge is 0.250 e. The van der Waals surface area contributed by atoms with Gasteiger partial charge < -0.3 is 0 Å². The Hall–Kier alpha value is -0.940. The van der Waals surface area contributed by atoms with Crippen LogP contribution in [-0.4, -0.2) is 15.0 Å². The number of rotatable bonds is 2. The molecule has 0 unspecified atom stereocenters. The molecule has 0 spiro atoms. The van der Waals surface area contributed by atoms with Crippen LogP contribution in [0.5, 0.6) is 0 Å². The van der Waals surface area contributed by atoms with Crippen LogP contribution in [-0.2, 0) is 0 Å². The van der Waals surface area contributed by atoms with Crippen LogP contribution in [0.15, 0.2) is 51.4 Å². The van der Waals surface area contributed by atoms with Gasteiger partial charge in [-0.25, -0.2) is 15.0 Å². The van der Waals surface area contributed by atoms with E-state index in [1.54, 1.807) is 18.6 Å². The topological polar surface area (TPSA) is 38.7 Å². The summed E-state index contributed by atoms with van der Waals surface area (Å²) in [7, 11) is 0. The van der Waals surface area contributed by atoms with Crippen LogP contribution in [0, 0.1) is 0 Å². The molecule has 0 saturated heterocycles. The van der Waals surface area contributed by atoms with Gasteiger partial charge in [0.2, 0.25) is 0 Å². The number of pyridine rings is 1. The second-order valence-electron chi connectivity index (χ2n) is 2.45. The van der Waals surface area contributed by atoms with E-state index in [1.807, 2.05) is 18.2 Å². The molecule has 2 aromatic heterocycles. The monoisotopic (exact) mass is 267 g/mol. The van der Waals surface area contributed by atoms with E-state index >= 15 is 0 Å². The molecule has 3 nitrogen and oxygen atoms in total. The molecular formula is C9H6BrN3S. The van der Waals surface area contributed by atoms with Crippen molar-refractivity contribution in [3.63, 3.8) is 0 Å². The van der Waals surface area contributed by atoms with E-state index in [1.165, 1.54) is 11.8 Å². The van der Waals surface area contributed by atoms with Crippen molar-refractivity contribution in [1.82, 2.24) is 15.0 Å². The molecular weight excluding hydrogens is 262 g/mol. The minimum Gasteiger partial charge on any atom is -0.250 e. The first kappa shape index (κ1) is 9.61. The first-order valence-corrected chi connectivity index (χ1v) is 5.52. The van der Waals surface area contributed by atoms with Crippen molar-refractivity contribution < 1.29 is 0 Å². The lowest BCUT2D eigenvalue weighted by Crippen LogP contribution is -1.84. The average molecular weight is 268 g/mol. The number of hydrogen-bond donors (Lipinski definition) is 0. The highest BCUT2D eigenvalue weighted by atomic mass is 79.9. The predicted molar refractivity (Wildman–Crippen MR) is 58.1 cm³/mol. The van der Waals surface area contributed by atoms with Crippen LogP contribution in [0.3, 0.4) is 0 Å².